The molecular weight excluding hydrogens is 200 g/mol. The second-order valence-corrected chi connectivity index (χ2v) is 4.76. The number of hydrogen-bond donors (Lipinski definition) is 0. The van der Waals surface area contributed by atoms with E-state index >= 15 is 0 Å². The van der Waals surface area contributed by atoms with Crippen molar-refractivity contribution in [2.45, 2.75) is 32.8 Å². The molecule has 0 saturated carbocycles. The summed E-state index contributed by atoms with van der Waals surface area (Å²) in [5.74, 6) is 0.806. The molecule has 0 aromatic carbocycles. The molecule has 2 heterocycles. The molecule has 1 aliphatic rings. The van der Waals surface area contributed by atoms with E-state index in [1.165, 1.54) is 5.56 Å². The minimum atomic E-state index is 0.338. The van der Waals surface area contributed by atoms with E-state index < -0.39 is 0 Å². The Kier molecular flexibility index (Phi) is 3.44. The summed E-state index contributed by atoms with van der Waals surface area (Å²) in [6.45, 7) is 6.36. The number of pyridine rings is 1. The van der Waals surface area contributed by atoms with Gasteiger partial charge in [-0.25, -0.2) is 4.98 Å². The summed E-state index contributed by atoms with van der Waals surface area (Å²) in [6.07, 6.45) is 4.42. The van der Waals surface area contributed by atoms with Crippen LogP contribution in [0.4, 0.5) is 0 Å². The normalized spacial score (nSPS) is 18.7. The van der Waals surface area contributed by atoms with Crippen molar-refractivity contribution in [3.8, 4) is 5.88 Å². The zero-order valence-corrected chi connectivity index (χ0v) is 10.4. The highest BCUT2D eigenvalue weighted by Gasteiger charge is 2.18. The maximum absolute atomic E-state index is 5.95. The average Bonchev–Trinajstić information content (AvgIpc) is 2.25. The maximum atomic E-state index is 5.95. The van der Waals surface area contributed by atoms with Gasteiger partial charge in [-0.1, -0.05) is 0 Å². The third kappa shape index (κ3) is 2.73. The number of ether oxygens (including phenoxy) is 1. The molecule has 1 aliphatic heterocycles. The Morgan fingerprint density at radius 1 is 1.31 bits per heavy atom. The van der Waals surface area contributed by atoms with Gasteiger partial charge < -0.3 is 9.64 Å². The fourth-order valence-corrected chi connectivity index (χ4v) is 2.09. The second-order valence-electron chi connectivity index (χ2n) is 4.76. The van der Waals surface area contributed by atoms with Gasteiger partial charge in [-0.05, 0) is 45.4 Å². The van der Waals surface area contributed by atoms with E-state index in [2.05, 4.69) is 36.8 Å². The number of aryl methyl sites for hydroxylation is 2. The maximum Gasteiger partial charge on any atom is 0.216 e. The van der Waals surface area contributed by atoms with Crippen LogP contribution < -0.4 is 4.74 Å². The first kappa shape index (κ1) is 11.4. The van der Waals surface area contributed by atoms with Crippen LogP contribution in [0.3, 0.4) is 0 Å². The van der Waals surface area contributed by atoms with Gasteiger partial charge in [-0.15, -0.1) is 0 Å². The lowest BCUT2D eigenvalue weighted by Gasteiger charge is -2.29. The Balaban J connectivity index is 1.98. The monoisotopic (exact) mass is 220 g/mol. The van der Waals surface area contributed by atoms with Crippen molar-refractivity contribution in [3.05, 3.63) is 23.4 Å². The highest BCUT2D eigenvalue weighted by molar-refractivity contribution is 5.27. The molecular formula is C13H20N2O. The lowest BCUT2D eigenvalue weighted by atomic mass is 10.1. The van der Waals surface area contributed by atoms with E-state index in [1.807, 2.05) is 6.20 Å². The fraction of sp³-hybridized carbons (Fsp3) is 0.615. The van der Waals surface area contributed by atoms with E-state index in [9.17, 15) is 0 Å². The number of rotatable bonds is 2. The lowest BCUT2D eigenvalue weighted by molar-refractivity contribution is 0.109. The number of likely N-dealkylation sites (tertiary alicyclic amines) is 1. The van der Waals surface area contributed by atoms with Gasteiger partial charge in [0.15, 0.2) is 0 Å². The second kappa shape index (κ2) is 4.83. The summed E-state index contributed by atoms with van der Waals surface area (Å²) >= 11 is 0. The molecule has 0 spiro atoms. The molecule has 0 bridgehead atoms. The van der Waals surface area contributed by atoms with Crippen LogP contribution in [-0.4, -0.2) is 36.1 Å². The minimum Gasteiger partial charge on any atom is -0.474 e. The summed E-state index contributed by atoms with van der Waals surface area (Å²) in [5, 5.41) is 0. The van der Waals surface area contributed by atoms with E-state index in [0.29, 0.717) is 6.10 Å². The molecule has 0 unspecified atom stereocenters. The van der Waals surface area contributed by atoms with Gasteiger partial charge in [0.05, 0.1) is 0 Å². The third-order valence-corrected chi connectivity index (χ3v) is 3.11. The SMILES string of the molecule is Cc1cnc(OC2CCN(C)CC2)c(C)c1. The topological polar surface area (TPSA) is 25.4 Å². The molecule has 88 valence electrons. The summed E-state index contributed by atoms with van der Waals surface area (Å²) < 4.78 is 5.95. The highest BCUT2D eigenvalue weighted by Crippen LogP contribution is 2.20. The third-order valence-electron chi connectivity index (χ3n) is 3.11. The molecule has 16 heavy (non-hydrogen) atoms. The summed E-state index contributed by atoms with van der Waals surface area (Å²) in [5.41, 5.74) is 2.33. The largest absolute Gasteiger partial charge is 0.474 e. The first-order valence-electron chi connectivity index (χ1n) is 5.93. The first-order valence-corrected chi connectivity index (χ1v) is 5.93. The summed E-state index contributed by atoms with van der Waals surface area (Å²) in [4.78, 5) is 6.70. The van der Waals surface area contributed by atoms with Crippen molar-refractivity contribution in [1.29, 1.82) is 0 Å². The Morgan fingerprint density at radius 3 is 2.62 bits per heavy atom. The Labute approximate surface area is 97.4 Å². The van der Waals surface area contributed by atoms with Crippen molar-refractivity contribution in [2.75, 3.05) is 20.1 Å². The van der Waals surface area contributed by atoms with Crippen molar-refractivity contribution >= 4 is 0 Å². The zero-order chi connectivity index (χ0) is 11.5. The standard InChI is InChI=1S/C13H20N2O/c1-10-8-11(2)13(14-9-10)16-12-4-6-15(3)7-5-12/h8-9,12H,4-7H2,1-3H3. The molecule has 0 amide bonds. The van der Waals surface area contributed by atoms with Crippen LogP contribution >= 0.6 is 0 Å². The van der Waals surface area contributed by atoms with Crippen molar-refractivity contribution in [2.24, 2.45) is 0 Å². The molecule has 0 N–H and O–H groups in total. The van der Waals surface area contributed by atoms with Crippen LogP contribution in [0.1, 0.15) is 24.0 Å². The number of aromatic nitrogens is 1. The predicted molar refractivity (Wildman–Crippen MR) is 64.9 cm³/mol. The fourth-order valence-electron chi connectivity index (χ4n) is 2.09. The van der Waals surface area contributed by atoms with Gasteiger partial charge in [0.25, 0.3) is 0 Å². The van der Waals surface area contributed by atoms with E-state index in [1.54, 1.807) is 0 Å². The van der Waals surface area contributed by atoms with Crippen LogP contribution in [-0.2, 0) is 0 Å². The molecule has 0 aliphatic carbocycles. The van der Waals surface area contributed by atoms with Crippen LogP contribution in [0, 0.1) is 13.8 Å². The molecule has 1 aromatic rings. The average molecular weight is 220 g/mol. The highest BCUT2D eigenvalue weighted by atomic mass is 16.5. The molecule has 1 saturated heterocycles. The van der Waals surface area contributed by atoms with E-state index in [-0.39, 0.29) is 0 Å². The van der Waals surface area contributed by atoms with Gasteiger partial charge in [0.1, 0.15) is 6.10 Å². The molecule has 0 atom stereocenters. The predicted octanol–water partition coefficient (Wildman–Crippen LogP) is 2.17. The quantitative estimate of drug-likeness (QED) is 0.764. The summed E-state index contributed by atoms with van der Waals surface area (Å²) in [7, 11) is 2.16. The smallest absolute Gasteiger partial charge is 0.216 e. The lowest BCUT2D eigenvalue weighted by Crippen LogP contribution is -2.35. The Bertz CT molecular complexity index is 357. The first-order chi connectivity index (χ1) is 7.65. The molecule has 1 fully saturated rings. The van der Waals surface area contributed by atoms with Crippen molar-refractivity contribution in [3.63, 3.8) is 0 Å². The number of nitrogens with zero attached hydrogens (tertiary/aromatic N) is 2. The van der Waals surface area contributed by atoms with Crippen LogP contribution in [0.2, 0.25) is 0 Å². The van der Waals surface area contributed by atoms with Gasteiger partial charge >= 0.3 is 0 Å². The number of hydrogen-bond acceptors (Lipinski definition) is 3. The van der Waals surface area contributed by atoms with Crippen LogP contribution in [0.25, 0.3) is 0 Å². The van der Waals surface area contributed by atoms with Crippen molar-refractivity contribution < 1.29 is 4.74 Å². The Hall–Kier alpha value is -1.09. The summed E-state index contributed by atoms with van der Waals surface area (Å²) in [6, 6.07) is 2.12. The van der Waals surface area contributed by atoms with Crippen LogP contribution in [0.15, 0.2) is 12.3 Å². The number of piperidine rings is 1. The van der Waals surface area contributed by atoms with Gasteiger partial charge in [0.2, 0.25) is 5.88 Å². The van der Waals surface area contributed by atoms with Gasteiger partial charge in [0, 0.05) is 24.8 Å². The molecule has 1 aromatic heterocycles. The molecule has 3 heteroatoms. The molecule has 0 radical (unpaired) electrons. The van der Waals surface area contributed by atoms with Crippen molar-refractivity contribution in [1.82, 2.24) is 9.88 Å². The minimum absolute atomic E-state index is 0.338. The van der Waals surface area contributed by atoms with Gasteiger partial charge in [-0.3, -0.25) is 0 Å². The van der Waals surface area contributed by atoms with E-state index in [0.717, 1.165) is 37.4 Å². The zero-order valence-electron chi connectivity index (χ0n) is 10.4. The Morgan fingerprint density at radius 2 is 2.00 bits per heavy atom. The van der Waals surface area contributed by atoms with Gasteiger partial charge in [-0.2, -0.15) is 0 Å². The van der Waals surface area contributed by atoms with E-state index in [4.69, 9.17) is 4.74 Å². The molecule has 2 rings (SSSR count). The molecule has 3 nitrogen and oxygen atoms in total. The van der Waals surface area contributed by atoms with Crippen LogP contribution in [0.5, 0.6) is 5.88 Å².